The first-order chi connectivity index (χ1) is 20.4. The minimum Gasteiger partial charge on any atom is -0.482 e. The van der Waals surface area contributed by atoms with Gasteiger partial charge in [0.15, 0.2) is 6.61 Å². The summed E-state index contributed by atoms with van der Waals surface area (Å²) in [4.78, 5) is 11.8. The van der Waals surface area contributed by atoms with E-state index >= 15 is 0 Å². The zero-order valence-corrected chi connectivity index (χ0v) is 29.2. The summed E-state index contributed by atoms with van der Waals surface area (Å²) >= 11 is 3.53. The van der Waals surface area contributed by atoms with Crippen molar-refractivity contribution in [2.75, 3.05) is 6.61 Å². The van der Waals surface area contributed by atoms with E-state index < -0.39 is 14.0 Å². The molecule has 10 heteroatoms. The van der Waals surface area contributed by atoms with Gasteiger partial charge in [0.25, 0.3) is 0 Å². The Morgan fingerprint density at radius 1 is 0.750 bits per heavy atom. The molecule has 0 spiro atoms. The first kappa shape index (κ1) is 34.5. The molecule has 0 unspecified atom stereocenters. The van der Waals surface area contributed by atoms with E-state index in [4.69, 9.17) is 28.1 Å². The van der Waals surface area contributed by atoms with Gasteiger partial charge in [-0.2, -0.15) is 0 Å². The number of ether oxygens (including phenoxy) is 2. The molecule has 2 aliphatic heterocycles. The van der Waals surface area contributed by atoms with Crippen LogP contribution in [0.3, 0.4) is 0 Å². The van der Waals surface area contributed by atoms with E-state index in [-0.39, 0.29) is 41.1 Å². The summed E-state index contributed by atoms with van der Waals surface area (Å²) in [5, 5.41) is 2.43. The highest BCUT2D eigenvalue weighted by molar-refractivity contribution is 9.10. The number of esters is 1. The standard InChI is InChI=1S/C22H21BrO3.C12H24B2O4/c1-15(2)26-22(24)14-25-21-11-10-19(23)13-18(21)12-17-8-5-7-16-6-3-4-9-20(16)17;1-9(2)10(3,4)16-13(15-9)14-17-11(5,6)12(7,8)18-14/h3-11,13,15H,12,14H2,1-2H3;1-8H3. The van der Waals surface area contributed by atoms with E-state index in [0.717, 1.165) is 16.5 Å². The number of carbonyl (C=O) groups excluding carboxylic acids is 1. The van der Waals surface area contributed by atoms with Gasteiger partial charge in [-0.1, -0.05) is 58.4 Å². The number of benzene rings is 3. The van der Waals surface area contributed by atoms with Crippen LogP contribution < -0.4 is 4.74 Å². The first-order valence-corrected chi connectivity index (χ1v) is 16.0. The van der Waals surface area contributed by atoms with Crippen LogP contribution in [-0.4, -0.2) is 55.1 Å². The van der Waals surface area contributed by atoms with E-state index in [1.54, 1.807) is 0 Å². The maximum Gasteiger partial charge on any atom is 0.488 e. The molecule has 3 aromatic carbocycles. The minimum absolute atomic E-state index is 0.0949. The lowest BCUT2D eigenvalue weighted by Gasteiger charge is -2.32. The molecule has 0 atom stereocenters. The number of hydrogen-bond acceptors (Lipinski definition) is 7. The van der Waals surface area contributed by atoms with Crippen molar-refractivity contribution in [2.24, 2.45) is 0 Å². The summed E-state index contributed by atoms with van der Waals surface area (Å²) in [7, 11) is -0.952. The van der Waals surface area contributed by atoms with Gasteiger partial charge in [-0.05, 0) is 109 Å². The number of rotatable bonds is 7. The van der Waals surface area contributed by atoms with E-state index in [9.17, 15) is 4.79 Å². The molecular weight excluding hydrogens is 622 g/mol. The molecule has 2 heterocycles. The highest BCUT2D eigenvalue weighted by Gasteiger charge is 2.63. The van der Waals surface area contributed by atoms with Crippen LogP contribution in [0, 0.1) is 0 Å². The summed E-state index contributed by atoms with van der Waals surface area (Å²) < 4.78 is 35.7. The lowest BCUT2D eigenvalue weighted by Crippen LogP contribution is -2.41. The van der Waals surface area contributed by atoms with Crippen LogP contribution in [0.15, 0.2) is 65.1 Å². The molecule has 44 heavy (non-hydrogen) atoms. The highest BCUT2D eigenvalue weighted by atomic mass is 79.9. The topological polar surface area (TPSA) is 72.5 Å². The molecule has 0 saturated carbocycles. The molecule has 236 valence electrons. The van der Waals surface area contributed by atoms with Gasteiger partial charge in [0.05, 0.1) is 28.5 Å². The van der Waals surface area contributed by atoms with Crippen LogP contribution >= 0.6 is 15.9 Å². The molecular formula is C34H45B2BrO7. The predicted molar refractivity (Wildman–Crippen MR) is 180 cm³/mol. The zero-order valence-electron chi connectivity index (χ0n) is 27.7. The van der Waals surface area contributed by atoms with Gasteiger partial charge in [0.2, 0.25) is 0 Å². The molecule has 2 fully saturated rings. The molecule has 7 nitrogen and oxygen atoms in total. The highest BCUT2D eigenvalue weighted by Crippen LogP contribution is 2.43. The van der Waals surface area contributed by atoms with Gasteiger partial charge >= 0.3 is 20.0 Å². The van der Waals surface area contributed by atoms with Crippen molar-refractivity contribution in [1.82, 2.24) is 0 Å². The molecule has 3 aromatic rings. The van der Waals surface area contributed by atoms with Crippen LogP contribution in [-0.2, 0) is 34.6 Å². The van der Waals surface area contributed by atoms with Crippen LogP contribution in [0.5, 0.6) is 5.75 Å². The summed E-state index contributed by atoms with van der Waals surface area (Å²) in [6.07, 6.45) is 0.571. The number of carbonyl (C=O) groups is 1. The van der Waals surface area contributed by atoms with Gasteiger partial charge in [-0.3, -0.25) is 0 Å². The summed E-state index contributed by atoms with van der Waals surface area (Å²) in [5.74, 6) is 0.334. The van der Waals surface area contributed by atoms with Gasteiger partial charge in [-0.25, -0.2) is 4.79 Å². The van der Waals surface area contributed by atoms with Crippen LogP contribution in [0.4, 0.5) is 0 Å². The molecule has 5 rings (SSSR count). The van der Waals surface area contributed by atoms with Crippen molar-refractivity contribution in [3.63, 3.8) is 0 Å². The fourth-order valence-electron chi connectivity index (χ4n) is 4.91. The number of fused-ring (bicyclic) bond motifs is 1. The second kappa shape index (κ2) is 13.2. The Morgan fingerprint density at radius 2 is 1.27 bits per heavy atom. The molecule has 2 aliphatic rings. The van der Waals surface area contributed by atoms with E-state index in [0.29, 0.717) is 5.75 Å². The van der Waals surface area contributed by atoms with E-state index in [1.807, 2.05) is 99.6 Å². The quantitative estimate of drug-likeness (QED) is 0.188. The van der Waals surface area contributed by atoms with Gasteiger partial charge in [-0.15, -0.1) is 0 Å². The summed E-state index contributed by atoms with van der Waals surface area (Å²) in [6, 6.07) is 20.5. The third kappa shape index (κ3) is 7.88. The molecule has 0 N–H and O–H groups in total. The molecule has 0 aromatic heterocycles. The monoisotopic (exact) mass is 666 g/mol. The van der Waals surface area contributed by atoms with Crippen LogP contribution in [0.25, 0.3) is 10.8 Å². The minimum atomic E-state index is -0.476. The lowest BCUT2D eigenvalue weighted by atomic mass is 9.49. The zero-order chi connectivity index (χ0) is 32.5. The van der Waals surface area contributed by atoms with Gasteiger partial charge in [0, 0.05) is 10.9 Å². The normalized spacial score (nSPS) is 19.5. The summed E-state index contributed by atoms with van der Waals surface area (Å²) in [5.41, 5.74) is 0.800. The Morgan fingerprint density at radius 3 is 1.82 bits per heavy atom. The second-order valence-corrected chi connectivity index (χ2v) is 14.6. The smallest absolute Gasteiger partial charge is 0.482 e. The van der Waals surface area contributed by atoms with Crippen molar-refractivity contribution in [1.29, 1.82) is 0 Å². The first-order valence-electron chi connectivity index (χ1n) is 15.2. The average Bonchev–Trinajstić information content (AvgIpc) is 3.28. The Labute approximate surface area is 271 Å². The number of halogens is 1. The maximum atomic E-state index is 11.8. The molecule has 0 bridgehead atoms. The van der Waals surface area contributed by atoms with E-state index in [1.165, 1.54) is 16.3 Å². The second-order valence-electron chi connectivity index (χ2n) is 13.6. The Bertz CT molecular complexity index is 1400. The average molecular weight is 667 g/mol. The van der Waals surface area contributed by atoms with Crippen molar-refractivity contribution in [3.05, 3.63) is 76.3 Å². The summed E-state index contributed by atoms with van der Waals surface area (Å²) in [6.45, 7) is 19.8. The van der Waals surface area contributed by atoms with Crippen molar-refractivity contribution in [3.8, 4) is 5.75 Å². The SMILES string of the molecule is CC(C)OC(=O)COc1ccc(Br)cc1Cc1cccc2ccccc12.CC1(C)OB(B2OC(C)(C)C(C)(C)O2)OC1(C)C. The fraction of sp³-hybridized carbons (Fsp3) is 0.500. The van der Waals surface area contributed by atoms with Gasteiger partial charge in [0.1, 0.15) is 5.75 Å². The Hall–Kier alpha value is -2.36. The maximum absolute atomic E-state index is 11.8. The number of hydrogen-bond donors (Lipinski definition) is 0. The Kier molecular flexibility index (Phi) is 10.3. The van der Waals surface area contributed by atoms with E-state index in [2.05, 4.69) is 46.3 Å². The fourth-order valence-corrected chi connectivity index (χ4v) is 5.32. The lowest BCUT2D eigenvalue weighted by molar-refractivity contribution is -0.149. The van der Waals surface area contributed by atoms with Crippen LogP contribution in [0.1, 0.15) is 80.4 Å². The predicted octanol–water partition coefficient (Wildman–Crippen LogP) is 7.77. The Balaban J connectivity index is 0.000000215. The van der Waals surface area contributed by atoms with Crippen molar-refractivity contribution >= 4 is 46.7 Å². The third-order valence-corrected chi connectivity index (χ3v) is 9.25. The van der Waals surface area contributed by atoms with Crippen molar-refractivity contribution in [2.45, 2.75) is 104 Å². The molecule has 0 aliphatic carbocycles. The van der Waals surface area contributed by atoms with Crippen molar-refractivity contribution < 1.29 is 32.9 Å². The molecule has 0 radical (unpaired) electrons. The third-order valence-electron chi connectivity index (χ3n) is 8.76. The molecule has 0 amide bonds. The largest absolute Gasteiger partial charge is 0.488 e. The van der Waals surface area contributed by atoms with Crippen LogP contribution in [0.2, 0.25) is 0 Å². The van der Waals surface area contributed by atoms with Gasteiger partial charge < -0.3 is 28.1 Å². The molecule has 2 saturated heterocycles.